The average Bonchev–Trinajstić information content (AvgIpc) is 0.846. The summed E-state index contributed by atoms with van der Waals surface area (Å²) >= 11 is 0. The highest BCUT2D eigenvalue weighted by atomic mass is 16.5. The van der Waals surface area contributed by atoms with E-state index in [-0.39, 0.29) is 56.6 Å². The van der Waals surface area contributed by atoms with Gasteiger partial charge >= 0.3 is 0 Å². The van der Waals surface area contributed by atoms with E-state index in [1.807, 2.05) is 41.5 Å². The fourth-order valence-corrected chi connectivity index (χ4v) is 12.6. The minimum Gasteiger partial charge on any atom is -0.394 e. The van der Waals surface area contributed by atoms with Crippen LogP contribution in [-0.2, 0) is 62.2 Å². The Balaban J connectivity index is 3.06. The number of ether oxygens (including phenoxy) is 2. The van der Waals surface area contributed by atoms with Crippen LogP contribution in [0, 0.1) is 35.5 Å². The van der Waals surface area contributed by atoms with E-state index in [1.54, 1.807) is 74.5 Å². The van der Waals surface area contributed by atoms with Crippen molar-refractivity contribution >= 4 is 65.0 Å². The van der Waals surface area contributed by atoms with Gasteiger partial charge in [-0.15, -0.1) is 0 Å². The summed E-state index contributed by atoms with van der Waals surface area (Å²) in [4.78, 5) is 174. The molecular formula is C69H124N12O15. The van der Waals surface area contributed by atoms with Crippen LogP contribution in [0.4, 0.5) is 0 Å². The molecule has 0 aromatic carbocycles. The molecule has 14 atom stereocenters. The van der Waals surface area contributed by atoms with E-state index in [4.69, 9.17) is 9.47 Å². The van der Waals surface area contributed by atoms with Gasteiger partial charge in [0, 0.05) is 74.4 Å². The van der Waals surface area contributed by atoms with Gasteiger partial charge in [-0.05, 0) is 109 Å². The minimum absolute atomic E-state index is 0.0846. The van der Waals surface area contributed by atoms with Gasteiger partial charge < -0.3 is 75.3 Å². The molecule has 96 heavy (non-hydrogen) atoms. The maximum atomic E-state index is 15.3. The lowest BCUT2D eigenvalue weighted by molar-refractivity contribution is -0.157. The molecule has 0 aromatic heterocycles. The van der Waals surface area contributed by atoms with Crippen molar-refractivity contribution in [1.29, 1.82) is 0 Å². The second-order valence-electron chi connectivity index (χ2n) is 28.3. The fraction of sp³-hybridized carbons (Fsp3) is 0.812. The highest BCUT2D eigenvalue weighted by Gasteiger charge is 2.47. The van der Waals surface area contributed by atoms with Crippen LogP contribution in [0.3, 0.4) is 0 Å². The second kappa shape index (κ2) is 40.6. The number of carbonyl (C=O) groups excluding carboxylic acids is 11. The third-order valence-electron chi connectivity index (χ3n) is 18.5. The molecule has 27 heteroatoms. The van der Waals surface area contributed by atoms with Crippen LogP contribution in [0.1, 0.15) is 156 Å². The van der Waals surface area contributed by atoms with Gasteiger partial charge in [0.15, 0.2) is 0 Å². The van der Waals surface area contributed by atoms with Gasteiger partial charge in [-0.3, -0.25) is 57.6 Å². The summed E-state index contributed by atoms with van der Waals surface area (Å²) in [5.74, 6) is -10.9. The van der Waals surface area contributed by atoms with Crippen LogP contribution in [0.15, 0.2) is 12.2 Å². The molecule has 550 valence electrons. The lowest BCUT2D eigenvalue weighted by Crippen LogP contribution is -2.65. The zero-order valence-corrected chi connectivity index (χ0v) is 62.3. The number of hydrogen-bond donors (Lipinski definition) is 6. The first-order valence-corrected chi connectivity index (χ1v) is 34.7. The van der Waals surface area contributed by atoms with Crippen LogP contribution in [-0.4, -0.2) is 288 Å². The normalized spacial score (nSPS) is 27.4. The second-order valence-corrected chi connectivity index (χ2v) is 28.3. The monoisotopic (exact) mass is 1360 g/mol. The first-order chi connectivity index (χ1) is 44.8. The molecule has 1 unspecified atom stereocenters. The summed E-state index contributed by atoms with van der Waals surface area (Å²) in [6, 6.07) is -15.0. The number of nitrogens with zero attached hydrogens (tertiary/aromatic N) is 8. The van der Waals surface area contributed by atoms with Crippen LogP contribution in [0.2, 0.25) is 0 Å². The van der Waals surface area contributed by atoms with E-state index in [9.17, 15) is 29.4 Å². The van der Waals surface area contributed by atoms with Crippen molar-refractivity contribution < 1.29 is 72.4 Å². The summed E-state index contributed by atoms with van der Waals surface area (Å²) in [5, 5.41) is 34.4. The summed E-state index contributed by atoms with van der Waals surface area (Å²) in [6.07, 6.45) is 2.23. The lowest BCUT2D eigenvalue weighted by Gasteiger charge is -2.41. The molecule has 2 heterocycles. The summed E-state index contributed by atoms with van der Waals surface area (Å²) < 4.78 is 11.8. The Morgan fingerprint density at radius 3 is 1.48 bits per heavy atom. The molecule has 0 saturated carbocycles. The Morgan fingerprint density at radius 1 is 0.521 bits per heavy atom. The molecule has 2 aliphatic heterocycles. The van der Waals surface area contributed by atoms with Crippen LogP contribution < -0.4 is 21.3 Å². The third-order valence-corrected chi connectivity index (χ3v) is 18.5. The smallest absolute Gasteiger partial charge is 0.248 e. The van der Waals surface area contributed by atoms with Gasteiger partial charge in [-0.25, -0.2) is 0 Å². The molecule has 2 rings (SSSR count). The standard InChI is InChI=1S/C69H124N12O15/c1-24-29-45(14)58(83)57-62(87)72-49(25-2)64(89)81(26-3)53(39-82)67(92)78(22)56(48(17)96-33-28-27-30-80-31-34-95-35-32-80)61(86)73-54(43(10)11)68(93)74(18)50(36-40(4)5)60(85)70-46(15)59(84)71-47(16)63(88)75(19)51(37-41(6)7)65(90)76(20)52(38-42(8)9)66(91)77(21)55(44(12)13)69(94)79(57)23/h24,29,40-58,82-83H,25-28,30-39H2,1-23H3,(H,70,85)(H,71,84)(H,72,87)(H,73,86)/b29-24+/t45-,46+,47-,48-,49+,50+,51+,52+,53-,54+,55+,56?,57+,58-/m1/s1. The highest BCUT2D eigenvalue weighted by Crippen LogP contribution is 2.26. The van der Waals surface area contributed by atoms with Gasteiger partial charge in [0.2, 0.25) is 65.0 Å². The number of aliphatic hydroxyl groups excluding tert-OH is 2. The molecular weight excluding hydrogens is 1240 g/mol. The molecule has 0 bridgehead atoms. The van der Waals surface area contributed by atoms with Crippen LogP contribution in [0.5, 0.6) is 0 Å². The topological polar surface area (TPSA) is 321 Å². The SMILES string of the molecule is C/C=C/[C@@H](C)[C@@H](O)[C@H]1C(=O)N[C@@H](CC)C(=O)N(CC)[C@H](CO)C(=O)N(C)C([C@@H](C)OCCCCN2CCOCC2)C(=O)N[C@@H](C(C)C)C(=O)N(C)[C@@H](CC(C)C)C(=O)N[C@@H](C)C(=O)N[C@H](C)C(=O)N(C)[C@@H](CC(C)C)C(=O)N(C)[C@@H](CC(C)C)C(=O)N(C)[C@@H](C(C)C)C(=O)N1C. The molecule has 0 spiro atoms. The molecule has 6 N–H and O–H groups in total. The largest absolute Gasteiger partial charge is 0.394 e. The van der Waals surface area contributed by atoms with Crippen molar-refractivity contribution in [3.63, 3.8) is 0 Å². The number of unbranched alkanes of at least 4 members (excludes halogenated alkanes) is 1. The molecule has 2 fully saturated rings. The third kappa shape index (κ3) is 23.7. The maximum absolute atomic E-state index is 15.3. The van der Waals surface area contributed by atoms with Crippen molar-refractivity contribution in [3.05, 3.63) is 12.2 Å². The van der Waals surface area contributed by atoms with Gasteiger partial charge in [-0.1, -0.05) is 95.2 Å². The molecule has 11 amide bonds. The Kier molecular flexibility index (Phi) is 36.3. The number of carbonyl (C=O) groups is 11. The van der Waals surface area contributed by atoms with Crippen molar-refractivity contribution in [2.45, 2.75) is 235 Å². The molecule has 2 saturated heterocycles. The van der Waals surface area contributed by atoms with E-state index in [1.165, 1.54) is 75.7 Å². The summed E-state index contributed by atoms with van der Waals surface area (Å²) in [5.41, 5.74) is 0. The van der Waals surface area contributed by atoms with Gasteiger partial charge in [0.05, 0.1) is 32.0 Å². The zero-order valence-electron chi connectivity index (χ0n) is 62.3. The number of hydrogen-bond acceptors (Lipinski definition) is 16. The molecule has 0 aromatic rings. The van der Waals surface area contributed by atoms with Crippen LogP contribution >= 0.6 is 0 Å². The van der Waals surface area contributed by atoms with Gasteiger partial charge in [0.25, 0.3) is 0 Å². The Hall–Kier alpha value is -6.29. The highest BCUT2D eigenvalue weighted by molar-refractivity contribution is 6.00. The number of allylic oxidation sites excluding steroid dienone is 1. The molecule has 0 radical (unpaired) electrons. The van der Waals surface area contributed by atoms with E-state index in [2.05, 4.69) is 26.2 Å². The fourth-order valence-electron chi connectivity index (χ4n) is 12.6. The molecule has 0 aliphatic carbocycles. The van der Waals surface area contributed by atoms with Crippen molar-refractivity contribution in [2.24, 2.45) is 35.5 Å². The van der Waals surface area contributed by atoms with E-state index < -0.39 is 168 Å². The Bertz CT molecular complexity index is 2600. The first kappa shape index (κ1) is 85.8. The predicted molar refractivity (Wildman–Crippen MR) is 367 cm³/mol. The average molecular weight is 1360 g/mol. The summed E-state index contributed by atoms with van der Waals surface area (Å²) in [6.45, 7) is 31.5. The molecule has 27 nitrogen and oxygen atoms in total. The molecule has 2 aliphatic rings. The van der Waals surface area contributed by atoms with Crippen LogP contribution in [0.25, 0.3) is 0 Å². The zero-order chi connectivity index (χ0) is 73.5. The Labute approximate surface area is 573 Å². The number of nitrogens with one attached hydrogen (secondary N) is 4. The van der Waals surface area contributed by atoms with Crippen molar-refractivity contribution in [2.75, 3.05) is 94.9 Å². The quantitative estimate of drug-likeness (QED) is 0.0708. The number of morpholine rings is 1. The van der Waals surface area contributed by atoms with Crippen molar-refractivity contribution in [1.82, 2.24) is 60.5 Å². The van der Waals surface area contributed by atoms with Gasteiger partial charge in [0.1, 0.15) is 66.5 Å². The summed E-state index contributed by atoms with van der Waals surface area (Å²) in [7, 11) is 8.34. The van der Waals surface area contributed by atoms with Gasteiger partial charge in [-0.2, -0.15) is 0 Å². The number of likely N-dealkylation sites (N-methyl/N-ethyl adjacent to an activating group) is 7. The lowest BCUT2D eigenvalue weighted by atomic mass is 9.93. The first-order valence-electron chi connectivity index (χ1n) is 34.7. The Morgan fingerprint density at radius 2 is 0.990 bits per heavy atom. The van der Waals surface area contributed by atoms with E-state index in [0.717, 1.165) is 40.8 Å². The van der Waals surface area contributed by atoms with Crippen molar-refractivity contribution in [3.8, 4) is 0 Å². The number of amides is 11. The van der Waals surface area contributed by atoms with E-state index >= 15 is 33.6 Å². The van der Waals surface area contributed by atoms with E-state index in [0.29, 0.717) is 19.6 Å². The number of rotatable bonds is 21. The minimum atomic E-state index is -1.71. The maximum Gasteiger partial charge on any atom is 0.248 e. The number of aliphatic hydroxyl groups is 2. The predicted octanol–water partition coefficient (Wildman–Crippen LogP) is 2.10.